The van der Waals surface area contributed by atoms with Crippen molar-refractivity contribution in [3.63, 3.8) is 0 Å². The van der Waals surface area contributed by atoms with E-state index in [0.29, 0.717) is 18.0 Å². The minimum Gasteiger partial charge on any atom is -0.367 e. The minimum atomic E-state index is 0.554. The molecule has 0 saturated heterocycles. The smallest absolute Gasteiger partial charge is 0.0437 e. The van der Waals surface area contributed by atoms with Crippen LogP contribution in [-0.2, 0) is 6.42 Å². The third-order valence-electron chi connectivity index (χ3n) is 4.30. The molecular formula is C18H30N2. The maximum atomic E-state index is 3.63. The molecule has 0 amide bonds. The maximum absolute atomic E-state index is 3.63. The Morgan fingerprint density at radius 3 is 2.55 bits per heavy atom. The van der Waals surface area contributed by atoms with E-state index in [1.165, 1.54) is 37.1 Å². The number of rotatable bonds is 5. The third kappa shape index (κ3) is 3.76. The monoisotopic (exact) mass is 274 g/mol. The first kappa shape index (κ1) is 15.4. The molecule has 1 aliphatic heterocycles. The maximum Gasteiger partial charge on any atom is 0.0437 e. The van der Waals surface area contributed by atoms with Gasteiger partial charge in [-0.05, 0) is 36.8 Å². The summed E-state index contributed by atoms with van der Waals surface area (Å²) in [6, 6.07) is 10.1. The minimum absolute atomic E-state index is 0.554. The highest BCUT2D eigenvalue weighted by Crippen LogP contribution is 2.29. The molecule has 1 N–H and O–H groups in total. The zero-order valence-electron chi connectivity index (χ0n) is 13.5. The highest BCUT2D eigenvalue weighted by Gasteiger charge is 2.25. The molecule has 0 radical (unpaired) electrons. The number of anilines is 1. The molecule has 0 aromatic heterocycles. The number of para-hydroxylation sites is 1. The molecule has 1 aliphatic rings. The molecule has 0 fully saturated rings. The van der Waals surface area contributed by atoms with Crippen LogP contribution in [0, 0.1) is 5.92 Å². The van der Waals surface area contributed by atoms with Crippen LogP contribution in [0.15, 0.2) is 24.3 Å². The van der Waals surface area contributed by atoms with Crippen LogP contribution < -0.4 is 10.2 Å². The molecule has 2 nitrogen and oxygen atoms in total. The van der Waals surface area contributed by atoms with Crippen molar-refractivity contribution >= 4 is 5.69 Å². The summed E-state index contributed by atoms with van der Waals surface area (Å²) in [6.07, 6.45) is 3.85. The Bertz CT molecular complexity index is 412. The summed E-state index contributed by atoms with van der Waals surface area (Å²) in [5.74, 6) is 0.660. The second kappa shape index (κ2) is 7.12. The van der Waals surface area contributed by atoms with E-state index in [1.54, 1.807) is 0 Å². The summed E-state index contributed by atoms with van der Waals surface area (Å²) in [5, 5.41) is 3.63. The molecular weight excluding hydrogens is 244 g/mol. The van der Waals surface area contributed by atoms with Crippen molar-refractivity contribution in [2.75, 3.05) is 18.0 Å². The average molecular weight is 274 g/mol. The summed E-state index contributed by atoms with van der Waals surface area (Å²) < 4.78 is 0. The lowest BCUT2D eigenvalue weighted by molar-refractivity contribution is 0.410. The molecule has 20 heavy (non-hydrogen) atoms. The molecule has 1 aromatic carbocycles. The van der Waals surface area contributed by atoms with E-state index in [0.717, 1.165) is 6.54 Å². The number of nitrogens with one attached hydrogen (secondary N) is 1. The van der Waals surface area contributed by atoms with Crippen molar-refractivity contribution in [3.05, 3.63) is 29.8 Å². The van der Waals surface area contributed by atoms with E-state index < -0.39 is 0 Å². The highest BCUT2D eigenvalue weighted by molar-refractivity contribution is 5.55. The second-order valence-corrected chi connectivity index (χ2v) is 6.65. The molecule has 1 atom stereocenters. The fraction of sp³-hybridized carbons (Fsp3) is 0.667. The van der Waals surface area contributed by atoms with Crippen molar-refractivity contribution in [2.24, 2.45) is 5.92 Å². The lowest BCUT2D eigenvalue weighted by Gasteiger charge is -2.37. The van der Waals surface area contributed by atoms with Gasteiger partial charge in [0.2, 0.25) is 0 Å². The molecule has 0 bridgehead atoms. The normalized spacial score (nSPS) is 17.2. The van der Waals surface area contributed by atoms with Crippen molar-refractivity contribution in [3.8, 4) is 0 Å². The topological polar surface area (TPSA) is 15.3 Å². The zero-order valence-corrected chi connectivity index (χ0v) is 13.5. The van der Waals surface area contributed by atoms with E-state index in [2.05, 4.69) is 62.2 Å². The van der Waals surface area contributed by atoms with E-state index in [4.69, 9.17) is 0 Å². The highest BCUT2D eigenvalue weighted by atomic mass is 15.2. The number of nitrogens with zero attached hydrogens (tertiary/aromatic N) is 1. The van der Waals surface area contributed by atoms with Gasteiger partial charge in [-0.25, -0.2) is 0 Å². The van der Waals surface area contributed by atoms with Gasteiger partial charge in [-0.15, -0.1) is 0 Å². The van der Waals surface area contributed by atoms with Crippen LogP contribution in [0.2, 0.25) is 0 Å². The van der Waals surface area contributed by atoms with Gasteiger partial charge in [0.15, 0.2) is 0 Å². The van der Waals surface area contributed by atoms with Gasteiger partial charge in [-0.3, -0.25) is 0 Å². The lowest BCUT2D eigenvalue weighted by Crippen LogP contribution is -2.47. The van der Waals surface area contributed by atoms with Gasteiger partial charge in [0.05, 0.1) is 0 Å². The van der Waals surface area contributed by atoms with Crippen molar-refractivity contribution in [1.82, 2.24) is 5.32 Å². The standard InChI is InChI=1S/C18H30N2/c1-14(2)18(13-19-15(3)4)20-12-8-7-10-16-9-5-6-11-17(16)20/h5-6,9,11,14-15,18-19H,7-8,10,12-13H2,1-4H3. The summed E-state index contributed by atoms with van der Waals surface area (Å²) in [6.45, 7) is 11.4. The Hall–Kier alpha value is -1.02. The first-order chi connectivity index (χ1) is 9.59. The van der Waals surface area contributed by atoms with Gasteiger partial charge < -0.3 is 10.2 Å². The van der Waals surface area contributed by atoms with Crippen LogP contribution in [0.5, 0.6) is 0 Å². The Morgan fingerprint density at radius 2 is 1.85 bits per heavy atom. The molecule has 0 spiro atoms. The van der Waals surface area contributed by atoms with Crippen LogP contribution in [0.3, 0.4) is 0 Å². The number of hydrogen-bond acceptors (Lipinski definition) is 2. The number of aryl methyl sites for hydroxylation is 1. The third-order valence-corrected chi connectivity index (χ3v) is 4.30. The molecule has 112 valence electrons. The molecule has 0 saturated carbocycles. The van der Waals surface area contributed by atoms with Crippen LogP contribution in [0.4, 0.5) is 5.69 Å². The molecule has 1 aromatic rings. The van der Waals surface area contributed by atoms with Crippen LogP contribution in [0.25, 0.3) is 0 Å². The van der Waals surface area contributed by atoms with Gasteiger partial charge in [0.1, 0.15) is 0 Å². The molecule has 1 unspecified atom stereocenters. The largest absolute Gasteiger partial charge is 0.367 e. The summed E-state index contributed by atoms with van der Waals surface area (Å²) in [7, 11) is 0. The van der Waals surface area contributed by atoms with E-state index in [9.17, 15) is 0 Å². The Labute approximate surface area is 124 Å². The van der Waals surface area contributed by atoms with Crippen molar-refractivity contribution in [1.29, 1.82) is 0 Å². The number of hydrogen-bond donors (Lipinski definition) is 1. The Balaban J connectivity index is 2.23. The van der Waals surface area contributed by atoms with E-state index >= 15 is 0 Å². The Kier molecular flexibility index (Phi) is 5.47. The number of benzene rings is 1. The predicted molar refractivity (Wildman–Crippen MR) is 88.5 cm³/mol. The molecule has 2 rings (SSSR count). The van der Waals surface area contributed by atoms with E-state index in [-0.39, 0.29) is 0 Å². The quantitative estimate of drug-likeness (QED) is 0.877. The molecule has 2 heteroatoms. The van der Waals surface area contributed by atoms with Gasteiger partial charge in [0, 0.05) is 30.9 Å². The van der Waals surface area contributed by atoms with Gasteiger partial charge >= 0.3 is 0 Å². The van der Waals surface area contributed by atoms with Gasteiger partial charge in [-0.1, -0.05) is 45.9 Å². The fourth-order valence-electron chi connectivity index (χ4n) is 3.13. The second-order valence-electron chi connectivity index (χ2n) is 6.65. The summed E-state index contributed by atoms with van der Waals surface area (Å²) >= 11 is 0. The summed E-state index contributed by atoms with van der Waals surface area (Å²) in [4.78, 5) is 2.66. The molecule has 0 aliphatic carbocycles. The van der Waals surface area contributed by atoms with Crippen molar-refractivity contribution in [2.45, 2.75) is 59.0 Å². The zero-order chi connectivity index (χ0) is 14.5. The van der Waals surface area contributed by atoms with Gasteiger partial charge in [-0.2, -0.15) is 0 Å². The summed E-state index contributed by atoms with van der Waals surface area (Å²) in [5.41, 5.74) is 2.99. The Morgan fingerprint density at radius 1 is 1.10 bits per heavy atom. The lowest BCUT2D eigenvalue weighted by atomic mass is 10.00. The predicted octanol–water partition coefficient (Wildman–Crippen LogP) is 3.85. The fourth-order valence-corrected chi connectivity index (χ4v) is 3.13. The van der Waals surface area contributed by atoms with Crippen LogP contribution in [0.1, 0.15) is 46.1 Å². The van der Waals surface area contributed by atoms with Crippen LogP contribution >= 0.6 is 0 Å². The first-order valence-corrected chi connectivity index (χ1v) is 8.17. The first-order valence-electron chi connectivity index (χ1n) is 8.17. The average Bonchev–Trinajstić information content (AvgIpc) is 2.61. The van der Waals surface area contributed by atoms with Gasteiger partial charge in [0.25, 0.3) is 0 Å². The molecule has 1 heterocycles. The van der Waals surface area contributed by atoms with Crippen molar-refractivity contribution < 1.29 is 0 Å². The number of fused-ring (bicyclic) bond motifs is 1. The van der Waals surface area contributed by atoms with Crippen LogP contribution in [-0.4, -0.2) is 25.2 Å². The van der Waals surface area contributed by atoms with E-state index in [1.807, 2.05) is 0 Å². The SMILES string of the molecule is CC(C)NCC(C(C)C)N1CCCCc2ccccc21.